The number of ether oxygens (including phenoxy) is 1. The predicted octanol–water partition coefficient (Wildman–Crippen LogP) is 1.41. The number of benzene rings is 1. The van der Waals surface area contributed by atoms with Crippen LogP contribution in [0.4, 0.5) is 0 Å². The molecular weight excluding hydrogens is 360 g/mol. The van der Waals surface area contributed by atoms with Gasteiger partial charge >= 0.3 is 5.97 Å². The maximum Gasteiger partial charge on any atom is 0.306 e. The van der Waals surface area contributed by atoms with Crippen LogP contribution in [-0.2, 0) is 32.0 Å². The van der Waals surface area contributed by atoms with Crippen LogP contribution in [0.2, 0.25) is 0 Å². The molecule has 0 unspecified atom stereocenters. The first-order chi connectivity index (χ1) is 13.4. The van der Waals surface area contributed by atoms with Crippen molar-refractivity contribution in [3.8, 4) is 0 Å². The van der Waals surface area contributed by atoms with E-state index in [0.29, 0.717) is 24.9 Å². The van der Waals surface area contributed by atoms with Gasteiger partial charge in [0.2, 0.25) is 5.91 Å². The molecule has 0 bridgehead atoms. The van der Waals surface area contributed by atoms with Gasteiger partial charge in [0, 0.05) is 25.1 Å². The van der Waals surface area contributed by atoms with Gasteiger partial charge in [-0.05, 0) is 49.3 Å². The highest BCUT2D eigenvalue weighted by Crippen LogP contribution is 2.23. The molecule has 1 atom stereocenters. The van der Waals surface area contributed by atoms with Gasteiger partial charge < -0.3 is 15.4 Å². The van der Waals surface area contributed by atoms with Crippen LogP contribution in [0.5, 0.6) is 0 Å². The third-order valence-corrected chi connectivity index (χ3v) is 5.51. The number of esters is 1. The number of likely N-dealkylation sites (tertiary alicyclic amines) is 1. The Labute approximate surface area is 164 Å². The second-order valence-electron chi connectivity index (χ2n) is 7.50. The van der Waals surface area contributed by atoms with E-state index >= 15 is 0 Å². The number of hydrogen-bond donors (Lipinski definition) is 1. The summed E-state index contributed by atoms with van der Waals surface area (Å²) >= 11 is 0. The topological polar surface area (TPSA) is 107 Å². The molecule has 0 aromatic heterocycles. The highest BCUT2D eigenvalue weighted by atomic mass is 16.5. The predicted molar refractivity (Wildman–Crippen MR) is 101 cm³/mol. The van der Waals surface area contributed by atoms with E-state index in [1.807, 2.05) is 18.2 Å². The molecule has 1 aliphatic heterocycles. The van der Waals surface area contributed by atoms with E-state index in [2.05, 4.69) is 0 Å². The highest BCUT2D eigenvalue weighted by Gasteiger charge is 2.27. The van der Waals surface area contributed by atoms with Gasteiger partial charge in [-0.1, -0.05) is 12.1 Å². The second kappa shape index (κ2) is 8.99. The van der Waals surface area contributed by atoms with E-state index in [4.69, 9.17) is 10.5 Å². The molecule has 28 heavy (non-hydrogen) atoms. The summed E-state index contributed by atoms with van der Waals surface area (Å²) < 4.78 is 5.01. The molecule has 1 aromatic carbocycles. The molecule has 0 saturated carbocycles. The molecule has 2 aliphatic rings. The number of nitrogens with zero attached hydrogens (tertiary/aromatic N) is 1. The fourth-order valence-electron chi connectivity index (χ4n) is 3.85. The average Bonchev–Trinajstić information content (AvgIpc) is 3.18. The summed E-state index contributed by atoms with van der Waals surface area (Å²) in [6.45, 7) is 0.414. The zero-order valence-electron chi connectivity index (χ0n) is 15.9. The lowest BCUT2D eigenvalue weighted by atomic mass is 9.97. The summed E-state index contributed by atoms with van der Waals surface area (Å²) in [7, 11) is 0. The number of aryl methyl sites for hydroxylation is 2. The first-order valence-electron chi connectivity index (χ1n) is 9.82. The van der Waals surface area contributed by atoms with Crippen LogP contribution in [0, 0.1) is 5.92 Å². The Kier molecular flexibility index (Phi) is 6.44. The highest BCUT2D eigenvalue weighted by molar-refractivity contribution is 5.98. The summed E-state index contributed by atoms with van der Waals surface area (Å²) in [6, 6.07) is 5.72. The Hall–Kier alpha value is -2.70. The molecule has 7 nitrogen and oxygen atoms in total. The fraction of sp³-hybridized carbons (Fsp3) is 0.524. The van der Waals surface area contributed by atoms with Crippen LogP contribution in [-0.4, -0.2) is 48.2 Å². The van der Waals surface area contributed by atoms with Crippen molar-refractivity contribution in [1.82, 2.24) is 4.90 Å². The van der Waals surface area contributed by atoms with Crippen molar-refractivity contribution in [3.63, 3.8) is 0 Å². The van der Waals surface area contributed by atoms with Gasteiger partial charge in [-0.15, -0.1) is 0 Å². The maximum absolute atomic E-state index is 12.3. The molecule has 1 aliphatic carbocycles. The van der Waals surface area contributed by atoms with E-state index in [1.54, 1.807) is 0 Å². The zero-order chi connectivity index (χ0) is 20.1. The normalized spacial score (nSPS) is 18.4. The van der Waals surface area contributed by atoms with Crippen LogP contribution < -0.4 is 5.73 Å². The number of rotatable bonds is 7. The molecule has 3 rings (SSSR count). The number of carbonyl (C=O) groups is 4. The van der Waals surface area contributed by atoms with E-state index < -0.39 is 11.9 Å². The van der Waals surface area contributed by atoms with Crippen LogP contribution >= 0.6 is 0 Å². The Morgan fingerprint density at radius 2 is 1.86 bits per heavy atom. The third kappa shape index (κ3) is 4.97. The lowest BCUT2D eigenvalue weighted by molar-refractivity contribution is -0.153. The summed E-state index contributed by atoms with van der Waals surface area (Å²) in [5.41, 5.74) is 8.44. The van der Waals surface area contributed by atoms with Crippen LogP contribution in [0.25, 0.3) is 0 Å². The minimum Gasteiger partial charge on any atom is -0.456 e. The summed E-state index contributed by atoms with van der Waals surface area (Å²) in [5, 5.41) is 0. The van der Waals surface area contributed by atoms with Crippen molar-refractivity contribution in [3.05, 3.63) is 34.9 Å². The molecule has 1 saturated heterocycles. The smallest absolute Gasteiger partial charge is 0.306 e. The first-order valence-corrected chi connectivity index (χ1v) is 9.82. The maximum atomic E-state index is 12.3. The van der Waals surface area contributed by atoms with E-state index in [1.165, 1.54) is 16.0 Å². The van der Waals surface area contributed by atoms with Crippen molar-refractivity contribution < 1.29 is 23.9 Å². The number of fused-ring (bicyclic) bond motifs is 1. The molecule has 7 heteroatoms. The number of ketones is 1. The van der Waals surface area contributed by atoms with Gasteiger partial charge in [-0.2, -0.15) is 0 Å². The van der Waals surface area contributed by atoms with Crippen molar-refractivity contribution in [2.75, 3.05) is 19.7 Å². The zero-order valence-corrected chi connectivity index (χ0v) is 15.9. The third-order valence-electron chi connectivity index (χ3n) is 5.51. The van der Waals surface area contributed by atoms with E-state index in [0.717, 1.165) is 19.3 Å². The van der Waals surface area contributed by atoms with E-state index in [-0.39, 0.29) is 43.6 Å². The van der Waals surface area contributed by atoms with Gasteiger partial charge in [0.05, 0.1) is 12.3 Å². The van der Waals surface area contributed by atoms with Gasteiger partial charge in [0.1, 0.15) is 0 Å². The molecule has 0 radical (unpaired) electrons. The summed E-state index contributed by atoms with van der Waals surface area (Å²) in [5.74, 6) is -1.79. The Morgan fingerprint density at radius 1 is 1.07 bits per heavy atom. The fourth-order valence-corrected chi connectivity index (χ4v) is 3.85. The SMILES string of the molecule is NC(=O)[C@H]1CCCN(C(=O)COC(=O)CCC(=O)c2ccc3c(c2)CCC3)C1. The number of piperidine rings is 1. The number of nitrogens with two attached hydrogens (primary N) is 1. The average molecular weight is 386 g/mol. The number of Topliss-reactive ketones (excluding diaryl/α,β-unsaturated/α-hetero) is 1. The minimum atomic E-state index is -0.577. The Morgan fingerprint density at radius 3 is 2.64 bits per heavy atom. The lowest BCUT2D eigenvalue weighted by Gasteiger charge is -2.31. The number of primary amides is 1. The lowest BCUT2D eigenvalue weighted by Crippen LogP contribution is -2.45. The van der Waals surface area contributed by atoms with Crippen molar-refractivity contribution in [1.29, 1.82) is 0 Å². The standard InChI is InChI=1S/C21H26N2O5/c22-21(27)17-5-2-10-23(12-17)19(25)13-28-20(26)9-8-18(24)16-7-6-14-3-1-4-15(14)11-16/h6-7,11,17H,1-5,8-10,12-13H2,(H2,22,27)/t17-/m0/s1. The molecular formula is C21H26N2O5. The quantitative estimate of drug-likeness (QED) is 0.563. The molecule has 2 amide bonds. The summed E-state index contributed by atoms with van der Waals surface area (Å²) in [4.78, 5) is 49.2. The van der Waals surface area contributed by atoms with Gasteiger partial charge in [-0.25, -0.2) is 0 Å². The van der Waals surface area contributed by atoms with Gasteiger partial charge in [-0.3, -0.25) is 19.2 Å². The van der Waals surface area contributed by atoms with Gasteiger partial charge in [0.25, 0.3) is 5.91 Å². The Balaban J connectivity index is 1.41. The number of amides is 2. The van der Waals surface area contributed by atoms with Crippen LogP contribution in [0.1, 0.15) is 53.6 Å². The summed E-state index contributed by atoms with van der Waals surface area (Å²) in [6.07, 6.45) is 4.53. The van der Waals surface area contributed by atoms with Crippen LogP contribution in [0.3, 0.4) is 0 Å². The van der Waals surface area contributed by atoms with Gasteiger partial charge in [0.15, 0.2) is 12.4 Å². The first kappa shape index (κ1) is 20.0. The second-order valence-corrected chi connectivity index (χ2v) is 7.50. The van der Waals surface area contributed by atoms with Crippen molar-refractivity contribution >= 4 is 23.6 Å². The minimum absolute atomic E-state index is 0.0548. The number of carbonyl (C=O) groups excluding carboxylic acids is 4. The molecule has 1 heterocycles. The monoisotopic (exact) mass is 386 g/mol. The molecule has 1 aromatic rings. The number of hydrogen-bond acceptors (Lipinski definition) is 5. The van der Waals surface area contributed by atoms with Crippen molar-refractivity contribution in [2.45, 2.75) is 44.9 Å². The van der Waals surface area contributed by atoms with E-state index in [9.17, 15) is 19.2 Å². The largest absolute Gasteiger partial charge is 0.456 e. The molecule has 2 N–H and O–H groups in total. The molecule has 150 valence electrons. The molecule has 1 fully saturated rings. The van der Waals surface area contributed by atoms with Crippen molar-refractivity contribution in [2.24, 2.45) is 11.7 Å². The van der Waals surface area contributed by atoms with Crippen LogP contribution in [0.15, 0.2) is 18.2 Å². The Bertz CT molecular complexity index is 789. The molecule has 0 spiro atoms.